The van der Waals surface area contributed by atoms with Gasteiger partial charge in [0.05, 0.1) is 17.2 Å². The standard InChI is InChI=1S/C22H21ClN2O3/c1-7-20(4)15(23)11-13-17(26)21(20,24-5)12-9-8-10-14-16(12)22(28,19(13,2)3)18(27)25(14)6/h7-11,13,28H,1H2,2-4,6H3/t13-,20-,21-,22+/m1/s1. The molecule has 1 aromatic rings. The van der Waals surface area contributed by atoms with E-state index >= 15 is 0 Å². The second kappa shape index (κ2) is 5.14. The maximum Gasteiger partial charge on any atom is 0.329 e. The molecule has 0 aromatic heterocycles. The van der Waals surface area contributed by atoms with Crippen molar-refractivity contribution >= 4 is 29.0 Å². The maximum absolute atomic E-state index is 13.9. The number of ketones is 1. The largest absolute Gasteiger partial charge is 0.375 e. The molecule has 0 spiro atoms. The lowest BCUT2D eigenvalue weighted by Crippen LogP contribution is -2.57. The van der Waals surface area contributed by atoms with Gasteiger partial charge in [-0.3, -0.25) is 14.4 Å². The van der Waals surface area contributed by atoms with Crippen LogP contribution in [0.4, 0.5) is 5.69 Å². The molecule has 0 saturated heterocycles. The predicted molar refractivity (Wildman–Crippen MR) is 107 cm³/mol. The van der Waals surface area contributed by atoms with Crippen molar-refractivity contribution in [2.24, 2.45) is 16.7 Å². The molecule has 4 atom stereocenters. The Morgan fingerprint density at radius 2 is 1.96 bits per heavy atom. The van der Waals surface area contributed by atoms with Crippen molar-refractivity contribution in [1.29, 1.82) is 0 Å². The van der Waals surface area contributed by atoms with Crippen LogP contribution >= 0.6 is 11.6 Å². The number of allylic oxidation sites excluding steroid dienone is 1. The number of amides is 1. The molecule has 3 aliphatic rings. The zero-order valence-corrected chi connectivity index (χ0v) is 17.0. The summed E-state index contributed by atoms with van der Waals surface area (Å²) in [6.07, 6.45) is 3.11. The van der Waals surface area contributed by atoms with Gasteiger partial charge in [0.25, 0.3) is 5.91 Å². The van der Waals surface area contributed by atoms with E-state index in [0.717, 1.165) is 0 Å². The number of nitrogens with zero attached hydrogens (tertiary/aromatic N) is 2. The van der Waals surface area contributed by atoms with Crippen LogP contribution in [0.5, 0.6) is 0 Å². The average Bonchev–Trinajstić information content (AvgIpc) is 2.86. The van der Waals surface area contributed by atoms with Crippen LogP contribution < -0.4 is 4.90 Å². The highest BCUT2D eigenvalue weighted by Gasteiger charge is 2.75. The van der Waals surface area contributed by atoms with E-state index in [1.54, 1.807) is 52.1 Å². The van der Waals surface area contributed by atoms with Gasteiger partial charge in [-0.25, -0.2) is 6.57 Å². The van der Waals surface area contributed by atoms with Gasteiger partial charge >= 0.3 is 5.54 Å². The van der Waals surface area contributed by atoms with Gasteiger partial charge in [-0.2, -0.15) is 0 Å². The Hall–Kier alpha value is -2.42. The van der Waals surface area contributed by atoms with Gasteiger partial charge in [-0.1, -0.05) is 43.7 Å². The zero-order valence-electron chi connectivity index (χ0n) is 16.2. The number of anilines is 1. The molecule has 0 radical (unpaired) electrons. The molecule has 1 N–H and O–H groups in total. The van der Waals surface area contributed by atoms with E-state index in [1.807, 2.05) is 0 Å². The van der Waals surface area contributed by atoms with E-state index in [4.69, 9.17) is 18.2 Å². The van der Waals surface area contributed by atoms with E-state index in [2.05, 4.69) is 11.4 Å². The highest BCUT2D eigenvalue weighted by molar-refractivity contribution is 6.32. The molecule has 1 heterocycles. The molecule has 1 aromatic carbocycles. The number of halogens is 1. The molecule has 144 valence electrons. The molecule has 0 unspecified atom stereocenters. The summed E-state index contributed by atoms with van der Waals surface area (Å²) in [5.41, 5.74) is -4.92. The van der Waals surface area contributed by atoms with E-state index in [0.29, 0.717) is 21.8 Å². The quantitative estimate of drug-likeness (QED) is 0.583. The molecule has 0 fully saturated rings. The van der Waals surface area contributed by atoms with Gasteiger partial charge in [-0.05, 0) is 19.1 Å². The van der Waals surface area contributed by atoms with Crippen LogP contribution in [0.3, 0.4) is 0 Å². The lowest BCUT2D eigenvalue weighted by atomic mass is 9.56. The Bertz CT molecular complexity index is 1050. The number of carbonyl (C=O) groups excluding carboxylic acids is 2. The van der Waals surface area contributed by atoms with Crippen LogP contribution in [-0.4, -0.2) is 23.8 Å². The summed E-state index contributed by atoms with van der Waals surface area (Å²) in [5, 5.41) is 12.2. The van der Waals surface area contributed by atoms with Crippen molar-refractivity contribution in [1.82, 2.24) is 0 Å². The minimum Gasteiger partial charge on any atom is -0.375 e. The summed E-state index contributed by atoms with van der Waals surface area (Å²) in [6.45, 7) is 17.1. The third-order valence-electron chi connectivity index (χ3n) is 7.26. The van der Waals surface area contributed by atoms with E-state index in [-0.39, 0.29) is 5.78 Å². The monoisotopic (exact) mass is 396 g/mol. The van der Waals surface area contributed by atoms with Crippen LogP contribution in [0.25, 0.3) is 4.85 Å². The molecular formula is C22H21ClN2O3. The van der Waals surface area contributed by atoms with Crippen LogP contribution in [0, 0.1) is 23.3 Å². The summed E-state index contributed by atoms with van der Waals surface area (Å²) in [6, 6.07) is 5.08. The van der Waals surface area contributed by atoms with Crippen molar-refractivity contribution in [2.45, 2.75) is 31.9 Å². The Morgan fingerprint density at radius 1 is 1.32 bits per heavy atom. The SMILES string of the molecule is [C-]#[N+][C@]12C(=O)[C@@H](C=C(Cl)[C@@]1(C)C=C)C(C)(C)[C@@]1(O)C(=O)N(C)c3cccc2c31. The smallest absolute Gasteiger partial charge is 0.329 e. The van der Waals surface area contributed by atoms with E-state index < -0.39 is 33.8 Å². The first-order valence-corrected chi connectivity index (χ1v) is 9.43. The average molecular weight is 397 g/mol. The molecule has 6 heteroatoms. The number of carbonyl (C=O) groups is 2. The predicted octanol–water partition coefficient (Wildman–Crippen LogP) is 3.52. The highest BCUT2D eigenvalue weighted by atomic mass is 35.5. The third-order valence-corrected chi connectivity index (χ3v) is 7.77. The Morgan fingerprint density at radius 3 is 2.54 bits per heavy atom. The van der Waals surface area contributed by atoms with Crippen LogP contribution in [0.2, 0.25) is 0 Å². The molecule has 2 bridgehead atoms. The molecule has 1 aliphatic heterocycles. The van der Waals surface area contributed by atoms with Crippen LogP contribution in [0.15, 0.2) is 42.0 Å². The van der Waals surface area contributed by atoms with Gasteiger partial charge in [0.15, 0.2) is 5.60 Å². The Labute approximate surface area is 169 Å². The fraction of sp³-hybridized carbons (Fsp3) is 0.409. The van der Waals surface area contributed by atoms with Crippen LogP contribution in [0.1, 0.15) is 31.9 Å². The number of benzene rings is 1. The van der Waals surface area contributed by atoms with Crippen molar-refractivity contribution in [3.8, 4) is 0 Å². The number of fused-ring (bicyclic) bond motifs is 3. The lowest BCUT2D eigenvalue weighted by molar-refractivity contribution is -0.157. The van der Waals surface area contributed by atoms with Gasteiger partial charge < -0.3 is 10.0 Å². The second-order valence-corrected chi connectivity index (χ2v) is 8.99. The zero-order chi connectivity index (χ0) is 20.9. The number of hydrogen-bond acceptors (Lipinski definition) is 3. The Kier molecular flexibility index (Phi) is 3.47. The number of Topliss-reactive ketones (excluding diaryl/α,β-unsaturated/α-hetero) is 1. The van der Waals surface area contributed by atoms with Gasteiger partial charge in [-0.15, -0.1) is 6.58 Å². The maximum atomic E-state index is 13.9. The first kappa shape index (κ1) is 18.9. The molecule has 28 heavy (non-hydrogen) atoms. The van der Waals surface area contributed by atoms with Gasteiger partial charge in [0.2, 0.25) is 5.78 Å². The third kappa shape index (κ3) is 1.57. The molecule has 5 nitrogen and oxygen atoms in total. The molecule has 2 aliphatic carbocycles. The molecule has 4 rings (SSSR count). The van der Waals surface area contributed by atoms with E-state index in [1.165, 1.54) is 11.0 Å². The minimum absolute atomic E-state index is 0.318. The van der Waals surface area contributed by atoms with Crippen molar-refractivity contribution < 1.29 is 14.7 Å². The number of hydrogen-bond donors (Lipinski definition) is 1. The van der Waals surface area contributed by atoms with Gasteiger partial charge in [0, 0.05) is 23.1 Å². The highest BCUT2D eigenvalue weighted by Crippen LogP contribution is 2.66. The van der Waals surface area contributed by atoms with Crippen molar-refractivity contribution in [3.63, 3.8) is 0 Å². The minimum atomic E-state index is -1.96. The molecule has 1 amide bonds. The number of aliphatic hydroxyl groups is 1. The molecule has 0 saturated carbocycles. The summed E-state index contributed by atoms with van der Waals surface area (Å²) >= 11 is 6.66. The van der Waals surface area contributed by atoms with Crippen molar-refractivity contribution in [2.75, 3.05) is 11.9 Å². The number of rotatable bonds is 1. The fourth-order valence-corrected chi connectivity index (χ4v) is 5.60. The summed E-state index contributed by atoms with van der Waals surface area (Å²) in [4.78, 5) is 32.4. The number of likely N-dealkylation sites (N-methyl/N-ethyl adjacent to an activating group) is 1. The first-order chi connectivity index (χ1) is 13.0. The fourth-order valence-electron chi connectivity index (χ4n) is 5.26. The Balaban J connectivity index is 2.31. The summed E-state index contributed by atoms with van der Waals surface area (Å²) in [5.74, 6) is -1.79. The first-order valence-electron chi connectivity index (χ1n) is 9.05. The summed E-state index contributed by atoms with van der Waals surface area (Å²) < 4.78 is 0. The lowest BCUT2D eigenvalue weighted by Gasteiger charge is -2.45. The normalized spacial score (nSPS) is 37.7. The van der Waals surface area contributed by atoms with Gasteiger partial charge in [0.1, 0.15) is 5.41 Å². The molecular weight excluding hydrogens is 376 g/mol. The van der Waals surface area contributed by atoms with Crippen molar-refractivity contribution in [3.05, 3.63) is 64.5 Å². The second-order valence-electron chi connectivity index (χ2n) is 8.58. The topological polar surface area (TPSA) is 62.0 Å². The van der Waals surface area contributed by atoms with Crippen LogP contribution in [-0.2, 0) is 20.7 Å². The van der Waals surface area contributed by atoms with E-state index in [9.17, 15) is 14.7 Å². The summed E-state index contributed by atoms with van der Waals surface area (Å²) in [7, 11) is 1.60.